The molecule has 112 valence electrons. The molecule has 0 heterocycles. The molecular weight excluding hydrogens is 282 g/mol. The van der Waals surface area contributed by atoms with E-state index in [0.717, 1.165) is 6.92 Å². The molecule has 0 aliphatic carbocycles. The van der Waals surface area contributed by atoms with Crippen molar-refractivity contribution in [3.8, 4) is 5.75 Å². The molecule has 7 heteroatoms. The third-order valence-corrected chi connectivity index (χ3v) is 4.14. The molecule has 0 aliphatic heterocycles. The van der Waals surface area contributed by atoms with E-state index in [0.29, 0.717) is 18.3 Å². The molecule has 20 heavy (non-hydrogen) atoms. The number of rotatable bonds is 7. The number of sulfonamides is 1. The molecule has 0 fully saturated rings. The van der Waals surface area contributed by atoms with Crippen LogP contribution in [0.5, 0.6) is 5.75 Å². The van der Waals surface area contributed by atoms with Crippen LogP contribution in [0.1, 0.15) is 20.8 Å². The number of nitrogens with one attached hydrogen (secondary N) is 1. The van der Waals surface area contributed by atoms with Gasteiger partial charge < -0.3 is 9.84 Å². The van der Waals surface area contributed by atoms with Crippen LogP contribution >= 0.6 is 0 Å². The fourth-order valence-electron chi connectivity index (χ4n) is 1.30. The van der Waals surface area contributed by atoms with Gasteiger partial charge in [-0.1, -0.05) is 19.9 Å². The fraction of sp³-hybridized carbons (Fsp3) is 0.462. The van der Waals surface area contributed by atoms with E-state index >= 15 is 0 Å². The molecule has 2 N–H and O–H groups in total. The first-order chi connectivity index (χ1) is 9.22. The second kappa shape index (κ2) is 6.60. The van der Waals surface area contributed by atoms with Gasteiger partial charge in [-0.25, -0.2) is 8.42 Å². The van der Waals surface area contributed by atoms with Crippen molar-refractivity contribution < 1.29 is 23.1 Å². The lowest BCUT2D eigenvalue weighted by atomic mass is 10.2. The average Bonchev–Trinajstić information content (AvgIpc) is 2.35. The van der Waals surface area contributed by atoms with Crippen molar-refractivity contribution in [2.75, 3.05) is 11.3 Å². The minimum atomic E-state index is -3.97. The number of anilines is 1. The standard InChI is InChI=1S/C13H19NO5S/c1-9(2)8-19-12-6-4-5-11(7-12)14-20(17,18)10(3)13(15)16/h4-7,9-10,14H,8H2,1-3H3,(H,15,16). The smallest absolute Gasteiger partial charge is 0.323 e. The number of benzene rings is 1. The van der Waals surface area contributed by atoms with Gasteiger partial charge in [0.2, 0.25) is 10.0 Å². The van der Waals surface area contributed by atoms with E-state index in [4.69, 9.17) is 9.84 Å². The van der Waals surface area contributed by atoms with Crippen molar-refractivity contribution >= 4 is 21.7 Å². The fourth-order valence-corrected chi connectivity index (χ4v) is 2.20. The molecule has 1 aromatic carbocycles. The summed E-state index contributed by atoms with van der Waals surface area (Å²) in [5.41, 5.74) is 0.277. The van der Waals surface area contributed by atoms with Crippen molar-refractivity contribution in [1.29, 1.82) is 0 Å². The number of hydrogen-bond donors (Lipinski definition) is 2. The molecule has 1 aromatic rings. The van der Waals surface area contributed by atoms with Crippen molar-refractivity contribution in [2.45, 2.75) is 26.0 Å². The zero-order chi connectivity index (χ0) is 15.3. The summed E-state index contributed by atoms with van der Waals surface area (Å²) in [6.07, 6.45) is 0. The van der Waals surface area contributed by atoms with Gasteiger partial charge in [0.15, 0.2) is 5.25 Å². The first-order valence-corrected chi connectivity index (χ1v) is 7.74. The number of carbonyl (C=O) groups is 1. The molecule has 1 rings (SSSR count). The van der Waals surface area contributed by atoms with Gasteiger partial charge in [0.25, 0.3) is 0 Å². The number of hydrogen-bond acceptors (Lipinski definition) is 4. The zero-order valence-corrected chi connectivity index (χ0v) is 12.5. The van der Waals surface area contributed by atoms with Crippen molar-refractivity contribution in [3.63, 3.8) is 0 Å². The Kier molecular flexibility index (Phi) is 5.38. The highest BCUT2D eigenvalue weighted by Gasteiger charge is 2.27. The lowest BCUT2D eigenvalue weighted by Crippen LogP contribution is -2.32. The molecule has 0 saturated carbocycles. The predicted octanol–water partition coefficient (Wildman–Crippen LogP) is 1.94. The lowest BCUT2D eigenvalue weighted by Gasteiger charge is -2.13. The summed E-state index contributed by atoms with van der Waals surface area (Å²) in [4.78, 5) is 10.7. The number of carboxylic acid groups (broad SMARTS) is 1. The first-order valence-electron chi connectivity index (χ1n) is 6.19. The summed E-state index contributed by atoms with van der Waals surface area (Å²) in [6.45, 7) is 5.63. The van der Waals surface area contributed by atoms with E-state index in [2.05, 4.69) is 4.72 Å². The number of aliphatic carboxylic acids is 1. The molecular formula is C13H19NO5S. The van der Waals surface area contributed by atoms with Crippen molar-refractivity contribution in [2.24, 2.45) is 5.92 Å². The van der Waals surface area contributed by atoms with Gasteiger partial charge in [0.05, 0.1) is 12.3 Å². The van der Waals surface area contributed by atoms with Crippen LogP contribution in [-0.2, 0) is 14.8 Å². The maximum atomic E-state index is 11.8. The number of carboxylic acids is 1. The molecule has 6 nitrogen and oxygen atoms in total. The van der Waals surface area contributed by atoms with Crippen LogP contribution in [0.4, 0.5) is 5.69 Å². The lowest BCUT2D eigenvalue weighted by molar-refractivity contribution is -0.136. The van der Waals surface area contributed by atoms with E-state index < -0.39 is 21.2 Å². The Morgan fingerprint density at radius 2 is 2.00 bits per heavy atom. The van der Waals surface area contributed by atoms with Crippen LogP contribution in [0.25, 0.3) is 0 Å². The first kappa shape index (κ1) is 16.3. The average molecular weight is 301 g/mol. The molecule has 0 bridgehead atoms. The largest absolute Gasteiger partial charge is 0.493 e. The van der Waals surface area contributed by atoms with Crippen LogP contribution in [0.3, 0.4) is 0 Å². The second-order valence-electron chi connectivity index (χ2n) is 4.86. The Balaban J connectivity index is 2.83. The van der Waals surface area contributed by atoms with Crippen LogP contribution in [0.2, 0.25) is 0 Å². The van der Waals surface area contributed by atoms with Gasteiger partial charge in [-0.2, -0.15) is 0 Å². The van der Waals surface area contributed by atoms with Gasteiger partial charge in [-0.15, -0.1) is 0 Å². The zero-order valence-electron chi connectivity index (χ0n) is 11.7. The molecule has 1 unspecified atom stereocenters. The molecule has 0 aromatic heterocycles. The maximum Gasteiger partial charge on any atom is 0.323 e. The van der Waals surface area contributed by atoms with Crippen LogP contribution in [0, 0.1) is 5.92 Å². The molecule has 0 radical (unpaired) electrons. The minimum absolute atomic E-state index is 0.277. The highest BCUT2D eigenvalue weighted by Crippen LogP contribution is 2.20. The van der Waals surface area contributed by atoms with Crippen molar-refractivity contribution in [3.05, 3.63) is 24.3 Å². The summed E-state index contributed by atoms with van der Waals surface area (Å²) >= 11 is 0. The summed E-state index contributed by atoms with van der Waals surface area (Å²) in [5.74, 6) is -0.519. The SMILES string of the molecule is CC(C)COc1cccc(NS(=O)(=O)C(C)C(=O)O)c1. The van der Waals surface area contributed by atoms with E-state index in [-0.39, 0.29) is 5.69 Å². The van der Waals surface area contributed by atoms with Crippen LogP contribution in [-0.4, -0.2) is 31.4 Å². The predicted molar refractivity (Wildman–Crippen MR) is 76.4 cm³/mol. The van der Waals surface area contributed by atoms with E-state index in [9.17, 15) is 13.2 Å². The van der Waals surface area contributed by atoms with Gasteiger partial charge in [-0.3, -0.25) is 9.52 Å². The van der Waals surface area contributed by atoms with Gasteiger partial charge >= 0.3 is 5.97 Å². The minimum Gasteiger partial charge on any atom is -0.493 e. The van der Waals surface area contributed by atoms with E-state index in [1.165, 1.54) is 12.1 Å². The van der Waals surface area contributed by atoms with Crippen LogP contribution < -0.4 is 9.46 Å². The van der Waals surface area contributed by atoms with Crippen LogP contribution in [0.15, 0.2) is 24.3 Å². The Morgan fingerprint density at radius 3 is 2.55 bits per heavy atom. The molecule has 0 saturated heterocycles. The van der Waals surface area contributed by atoms with Crippen molar-refractivity contribution in [1.82, 2.24) is 0 Å². The molecule has 1 atom stereocenters. The summed E-state index contributed by atoms with van der Waals surface area (Å²) in [5, 5.41) is 7.23. The highest BCUT2D eigenvalue weighted by molar-refractivity contribution is 7.94. The molecule has 0 spiro atoms. The summed E-state index contributed by atoms with van der Waals surface area (Å²) in [7, 11) is -3.97. The quantitative estimate of drug-likeness (QED) is 0.803. The Bertz CT molecular complexity index is 568. The summed E-state index contributed by atoms with van der Waals surface area (Å²) in [6, 6.07) is 6.41. The molecule has 0 amide bonds. The normalized spacial score (nSPS) is 13.0. The second-order valence-corrected chi connectivity index (χ2v) is 6.86. The van der Waals surface area contributed by atoms with Gasteiger partial charge in [-0.05, 0) is 25.0 Å². The van der Waals surface area contributed by atoms with E-state index in [1.807, 2.05) is 13.8 Å². The van der Waals surface area contributed by atoms with Gasteiger partial charge in [0, 0.05) is 6.07 Å². The Hall–Kier alpha value is -1.76. The molecule has 0 aliphatic rings. The third kappa shape index (κ3) is 4.73. The Morgan fingerprint density at radius 1 is 1.35 bits per heavy atom. The highest BCUT2D eigenvalue weighted by atomic mass is 32.2. The monoisotopic (exact) mass is 301 g/mol. The van der Waals surface area contributed by atoms with Gasteiger partial charge in [0.1, 0.15) is 5.75 Å². The topological polar surface area (TPSA) is 92.7 Å². The Labute approximate surface area is 118 Å². The van der Waals surface area contributed by atoms with E-state index in [1.54, 1.807) is 12.1 Å². The third-order valence-electron chi connectivity index (χ3n) is 2.49. The summed E-state index contributed by atoms with van der Waals surface area (Å²) < 4.78 is 31.3. The maximum absolute atomic E-state index is 11.8. The number of ether oxygens (including phenoxy) is 1.